The molecule has 0 aliphatic rings. The van der Waals surface area contributed by atoms with E-state index >= 15 is 0 Å². The van der Waals surface area contributed by atoms with Crippen LogP contribution in [0.3, 0.4) is 0 Å². The molecule has 0 amide bonds. The Morgan fingerprint density at radius 2 is 0.868 bits per heavy atom. The van der Waals surface area contributed by atoms with Crippen molar-refractivity contribution in [1.29, 1.82) is 0 Å². The number of fused-ring (bicyclic) bond motifs is 2. The molecule has 5 aromatic rings. The molecule has 5 rings (SSSR count). The van der Waals surface area contributed by atoms with Gasteiger partial charge in [0, 0.05) is 44.5 Å². The van der Waals surface area contributed by atoms with Gasteiger partial charge in [0.15, 0.2) is 33.9 Å². The highest BCUT2D eigenvalue weighted by atomic mass is 16.5. The number of phenolic OH excluding ortho intramolecular Hbond substituents is 4. The molecule has 0 aliphatic carbocycles. The summed E-state index contributed by atoms with van der Waals surface area (Å²) in [4.78, 5) is 52.3. The van der Waals surface area contributed by atoms with E-state index in [1.54, 1.807) is 0 Å². The second-order valence-corrected chi connectivity index (χ2v) is 8.28. The highest BCUT2D eigenvalue weighted by molar-refractivity contribution is 6.41. The molecule has 0 unspecified atom stereocenters. The molecule has 0 saturated carbocycles. The van der Waals surface area contributed by atoms with Crippen LogP contribution >= 0.6 is 0 Å². The van der Waals surface area contributed by atoms with E-state index in [2.05, 4.69) is 0 Å². The van der Waals surface area contributed by atoms with Gasteiger partial charge in [-0.2, -0.15) is 0 Å². The van der Waals surface area contributed by atoms with E-state index in [4.69, 9.17) is 18.9 Å². The highest BCUT2D eigenvalue weighted by Crippen LogP contribution is 2.54. The third kappa shape index (κ3) is 2.79. The summed E-state index contributed by atoms with van der Waals surface area (Å²) in [5, 5.41) is 41.7. The minimum Gasteiger partial charge on any atom is -0.504 e. The molecule has 5 aromatic carbocycles. The fourth-order valence-corrected chi connectivity index (χ4v) is 5.12. The van der Waals surface area contributed by atoms with Gasteiger partial charge in [0.05, 0.1) is 39.2 Å². The zero-order valence-electron chi connectivity index (χ0n) is 20.2. The van der Waals surface area contributed by atoms with E-state index in [1.165, 1.54) is 14.2 Å². The summed E-state index contributed by atoms with van der Waals surface area (Å²) < 4.78 is 20.5. The summed E-state index contributed by atoms with van der Waals surface area (Å²) in [6, 6.07) is 2.03. The van der Waals surface area contributed by atoms with E-state index in [0.717, 1.165) is 26.4 Å². The molecule has 0 aliphatic heterocycles. The van der Waals surface area contributed by atoms with Gasteiger partial charge in [0.2, 0.25) is 0 Å². The minimum atomic E-state index is -1.19. The molecule has 0 fully saturated rings. The van der Waals surface area contributed by atoms with Crippen molar-refractivity contribution < 1.29 is 49.0 Å². The van der Waals surface area contributed by atoms with Gasteiger partial charge in [0.25, 0.3) is 0 Å². The molecule has 0 radical (unpaired) electrons. The topological polar surface area (TPSA) is 186 Å². The monoisotopic (exact) mass is 522 g/mol. The number of carbonyl (C=O) groups excluding carboxylic acids is 2. The van der Waals surface area contributed by atoms with Gasteiger partial charge in [-0.25, -0.2) is 9.59 Å². The summed E-state index contributed by atoms with van der Waals surface area (Å²) in [6.45, 7) is 0. The summed E-state index contributed by atoms with van der Waals surface area (Å²) >= 11 is 0. The number of hydrogen-bond acceptors (Lipinski definition) is 12. The van der Waals surface area contributed by atoms with Gasteiger partial charge in [0.1, 0.15) is 22.6 Å². The summed E-state index contributed by atoms with van der Waals surface area (Å²) in [5.74, 6) is -6.58. The molecule has 0 saturated heterocycles. The van der Waals surface area contributed by atoms with Crippen molar-refractivity contribution >= 4 is 55.0 Å². The highest BCUT2D eigenvalue weighted by Gasteiger charge is 2.35. The average molecular weight is 522 g/mol. The number of aromatic hydroxyl groups is 4. The van der Waals surface area contributed by atoms with Crippen LogP contribution in [-0.4, -0.2) is 60.8 Å². The van der Waals surface area contributed by atoms with Crippen LogP contribution in [0.25, 0.3) is 43.1 Å². The number of carbonyl (C=O) groups is 2. The van der Waals surface area contributed by atoms with Crippen molar-refractivity contribution in [3.05, 3.63) is 43.7 Å². The van der Waals surface area contributed by atoms with Gasteiger partial charge >= 0.3 is 11.9 Å². The molecule has 0 atom stereocenters. The number of benzene rings is 5. The molecule has 194 valence electrons. The van der Waals surface area contributed by atoms with Gasteiger partial charge < -0.3 is 39.4 Å². The normalized spacial score (nSPS) is 11.5. The van der Waals surface area contributed by atoms with Gasteiger partial charge in [-0.05, 0) is 0 Å². The first-order valence-corrected chi connectivity index (χ1v) is 10.8. The van der Waals surface area contributed by atoms with Crippen LogP contribution in [0.15, 0.2) is 21.7 Å². The summed E-state index contributed by atoms with van der Waals surface area (Å²) in [5.41, 5.74) is -3.03. The zero-order valence-corrected chi connectivity index (χ0v) is 20.2. The zero-order chi connectivity index (χ0) is 27.8. The van der Waals surface area contributed by atoms with Crippen LogP contribution < -0.4 is 20.3 Å². The molecule has 12 heteroatoms. The smallest absolute Gasteiger partial charge is 0.342 e. The Hall–Kier alpha value is -5.26. The van der Waals surface area contributed by atoms with Crippen LogP contribution in [0.2, 0.25) is 0 Å². The number of hydrogen-bond donors (Lipinski definition) is 4. The maximum atomic E-state index is 13.2. The first-order chi connectivity index (χ1) is 18.0. The molecule has 38 heavy (non-hydrogen) atoms. The number of rotatable bonds is 4. The second-order valence-electron chi connectivity index (χ2n) is 8.28. The maximum absolute atomic E-state index is 13.2. The van der Waals surface area contributed by atoms with Crippen molar-refractivity contribution in [2.45, 2.75) is 0 Å². The third-order valence-corrected chi connectivity index (χ3v) is 6.62. The molecule has 0 aromatic heterocycles. The lowest BCUT2D eigenvalue weighted by Crippen LogP contribution is -2.13. The SMILES string of the molecule is COC(=O)c1c(O)c(O)c2c(=O)cc(OC)c3c4c(OC)cc(=O)c5c(O)c(O)c(C(=O)OC)c(c1c23)c54. The Morgan fingerprint density at radius 3 is 1.16 bits per heavy atom. The summed E-state index contributed by atoms with van der Waals surface area (Å²) in [6.07, 6.45) is 0. The summed E-state index contributed by atoms with van der Waals surface area (Å²) in [7, 11) is 4.46. The first-order valence-electron chi connectivity index (χ1n) is 10.8. The van der Waals surface area contributed by atoms with E-state index in [-0.39, 0.29) is 43.8 Å². The third-order valence-electron chi connectivity index (χ3n) is 6.62. The largest absolute Gasteiger partial charge is 0.504 e. The maximum Gasteiger partial charge on any atom is 0.342 e. The van der Waals surface area contributed by atoms with E-state index in [0.29, 0.717) is 0 Å². The lowest BCUT2D eigenvalue weighted by molar-refractivity contribution is 0.0588. The van der Waals surface area contributed by atoms with Gasteiger partial charge in [-0.3, -0.25) is 9.59 Å². The number of ether oxygens (including phenoxy) is 4. The van der Waals surface area contributed by atoms with Crippen LogP contribution in [0.4, 0.5) is 0 Å². The van der Waals surface area contributed by atoms with E-state index in [9.17, 15) is 39.6 Å². The van der Waals surface area contributed by atoms with Crippen molar-refractivity contribution in [3.8, 4) is 34.5 Å². The van der Waals surface area contributed by atoms with Gasteiger partial charge in [-0.15, -0.1) is 0 Å². The number of methoxy groups -OCH3 is 4. The van der Waals surface area contributed by atoms with Crippen molar-refractivity contribution in [3.63, 3.8) is 0 Å². The standard InChI is InChI=1S/C26H18O12/c1-35-9-5-7(27)11-15-13(9)14-10(36-2)6-8(28)12-16(14)18(20(26(34)38-4)24(32)22(12)30)17(15)19(25(33)37-3)23(31)21(11)29/h5-6,29-32H,1-4H3. The predicted molar refractivity (Wildman–Crippen MR) is 134 cm³/mol. The van der Waals surface area contributed by atoms with Crippen LogP contribution in [0.1, 0.15) is 20.7 Å². The lowest BCUT2D eigenvalue weighted by Gasteiger charge is -2.22. The molecule has 0 spiro atoms. The second kappa shape index (κ2) is 8.13. The van der Waals surface area contributed by atoms with E-state index < -0.39 is 67.7 Å². The molecule has 12 nitrogen and oxygen atoms in total. The molecular weight excluding hydrogens is 504 g/mol. The average Bonchev–Trinajstić information content (AvgIpc) is 2.90. The van der Waals surface area contributed by atoms with Crippen LogP contribution in [-0.2, 0) is 9.47 Å². The van der Waals surface area contributed by atoms with Gasteiger partial charge in [-0.1, -0.05) is 0 Å². The Bertz CT molecular complexity index is 1830. The Kier molecular flexibility index (Phi) is 5.23. The quantitative estimate of drug-likeness (QED) is 0.117. The Balaban J connectivity index is 2.44. The Morgan fingerprint density at radius 1 is 0.526 bits per heavy atom. The minimum absolute atomic E-state index is 0.0350. The van der Waals surface area contributed by atoms with E-state index in [1.807, 2.05) is 0 Å². The fourth-order valence-electron chi connectivity index (χ4n) is 5.12. The molecular formula is C26H18O12. The van der Waals surface area contributed by atoms with Crippen molar-refractivity contribution in [2.24, 2.45) is 0 Å². The first kappa shape index (κ1) is 24.4. The number of esters is 2. The van der Waals surface area contributed by atoms with Crippen LogP contribution in [0.5, 0.6) is 34.5 Å². The van der Waals surface area contributed by atoms with Crippen LogP contribution in [0, 0.1) is 0 Å². The Labute approximate surface area is 211 Å². The lowest BCUT2D eigenvalue weighted by atomic mass is 9.83. The molecule has 0 heterocycles. The van der Waals surface area contributed by atoms with Crippen molar-refractivity contribution in [2.75, 3.05) is 28.4 Å². The fraction of sp³-hybridized carbons (Fsp3) is 0.154. The number of phenols is 4. The molecule has 4 N–H and O–H groups in total. The predicted octanol–water partition coefficient (Wildman–Crippen LogP) is 2.31. The molecule has 0 bridgehead atoms. The van der Waals surface area contributed by atoms with Crippen molar-refractivity contribution in [1.82, 2.24) is 0 Å².